The van der Waals surface area contributed by atoms with Gasteiger partial charge in [0.2, 0.25) is 0 Å². The fraction of sp³-hybridized carbons (Fsp3) is 1.00. The molecule has 1 heteroatoms. The molecular weight excluding hydrogens is 182 g/mol. The quantitative estimate of drug-likeness (QED) is 0.749. The molecule has 0 radical (unpaired) electrons. The molecule has 2 saturated carbocycles. The number of hydrogen-bond acceptors (Lipinski definition) is 1. The van der Waals surface area contributed by atoms with Crippen LogP contribution in [0.3, 0.4) is 0 Å². The van der Waals surface area contributed by atoms with Crippen LogP contribution in [0.2, 0.25) is 0 Å². The average Bonchev–Trinajstić information content (AvgIpc) is 2.76. The maximum atomic E-state index is 3.70. The van der Waals surface area contributed by atoms with Crippen LogP contribution in [-0.2, 0) is 0 Å². The Labute approximate surface area is 95.0 Å². The zero-order chi connectivity index (χ0) is 11.1. The van der Waals surface area contributed by atoms with Crippen LogP contribution >= 0.6 is 0 Å². The molecule has 15 heavy (non-hydrogen) atoms. The Balaban J connectivity index is 1.87. The second-order valence-electron chi connectivity index (χ2n) is 7.46. The maximum Gasteiger partial charge on any atom is 0.00683 e. The minimum Gasteiger partial charge on any atom is -0.314 e. The largest absolute Gasteiger partial charge is 0.314 e. The van der Waals surface area contributed by atoms with Crippen molar-refractivity contribution in [2.24, 2.45) is 16.7 Å². The first kappa shape index (κ1) is 11.4. The van der Waals surface area contributed by atoms with Gasteiger partial charge in [-0.05, 0) is 55.4 Å². The SMILES string of the molecule is CC1(C)CC(CNC2CC2)CC(C)(C)C1. The Hall–Kier alpha value is -0.0400. The molecule has 0 aromatic carbocycles. The zero-order valence-corrected chi connectivity index (χ0v) is 10.9. The molecule has 0 aliphatic heterocycles. The molecule has 0 spiro atoms. The molecule has 0 atom stereocenters. The Kier molecular flexibility index (Phi) is 2.87. The first-order valence-corrected chi connectivity index (χ1v) is 6.60. The molecule has 0 amide bonds. The maximum absolute atomic E-state index is 3.70. The van der Waals surface area contributed by atoms with Crippen molar-refractivity contribution in [1.29, 1.82) is 0 Å². The van der Waals surface area contributed by atoms with E-state index >= 15 is 0 Å². The molecule has 0 heterocycles. The standard InChI is InChI=1S/C14H27N/c1-13(2)7-11(8-14(3,4)10-13)9-15-12-5-6-12/h11-12,15H,5-10H2,1-4H3. The first-order chi connectivity index (χ1) is 6.86. The highest BCUT2D eigenvalue weighted by Crippen LogP contribution is 2.48. The molecule has 0 saturated heterocycles. The van der Waals surface area contributed by atoms with Gasteiger partial charge in [0.25, 0.3) is 0 Å². The summed E-state index contributed by atoms with van der Waals surface area (Å²) in [6.45, 7) is 11.0. The van der Waals surface area contributed by atoms with E-state index in [4.69, 9.17) is 0 Å². The minimum atomic E-state index is 0.553. The van der Waals surface area contributed by atoms with E-state index in [1.54, 1.807) is 0 Å². The first-order valence-electron chi connectivity index (χ1n) is 6.60. The second-order valence-corrected chi connectivity index (χ2v) is 7.46. The molecule has 1 nitrogen and oxygen atoms in total. The fourth-order valence-corrected chi connectivity index (χ4v) is 3.84. The lowest BCUT2D eigenvalue weighted by molar-refractivity contribution is 0.0673. The molecule has 0 aromatic heterocycles. The molecule has 0 bridgehead atoms. The highest BCUT2D eigenvalue weighted by atomic mass is 14.9. The Morgan fingerprint density at radius 1 is 1.00 bits per heavy atom. The lowest BCUT2D eigenvalue weighted by Gasteiger charge is -2.45. The molecular formula is C14H27N. The van der Waals surface area contributed by atoms with Gasteiger partial charge in [0, 0.05) is 6.04 Å². The van der Waals surface area contributed by atoms with Crippen LogP contribution in [0.4, 0.5) is 0 Å². The van der Waals surface area contributed by atoms with Gasteiger partial charge in [0.05, 0.1) is 0 Å². The molecule has 1 N–H and O–H groups in total. The van der Waals surface area contributed by atoms with Crippen LogP contribution in [-0.4, -0.2) is 12.6 Å². The van der Waals surface area contributed by atoms with Gasteiger partial charge < -0.3 is 5.32 Å². The summed E-state index contributed by atoms with van der Waals surface area (Å²) in [5.41, 5.74) is 1.11. The van der Waals surface area contributed by atoms with Crippen LogP contribution in [0.5, 0.6) is 0 Å². The van der Waals surface area contributed by atoms with Gasteiger partial charge in [0.1, 0.15) is 0 Å². The van der Waals surface area contributed by atoms with Gasteiger partial charge in [-0.3, -0.25) is 0 Å². The van der Waals surface area contributed by atoms with Crippen molar-refractivity contribution in [1.82, 2.24) is 5.32 Å². The van der Waals surface area contributed by atoms with E-state index in [0.717, 1.165) is 12.0 Å². The highest BCUT2D eigenvalue weighted by Gasteiger charge is 2.38. The van der Waals surface area contributed by atoms with Crippen molar-refractivity contribution in [3.05, 3.63) is 0 Å². The third-order valence-corrected chi connectivity index (χ3v) is 3.91. The number of hydrogen-bond donors (Lipinski definition) is 1. The third-order valence-electron chi connectivity index (χ3n) is 3.91. The Bertz CT molecular complexity index is 209. The lowest BCUT2D eigenvalue weighted by atomic mass is 9.61. The van der Waals surface area contributed by atoms with Crippen molar-refractivity contribution in [3.63, 3.8) is 0 Å². The zero-order valence-electron chi connectivity index (χ0n) is 10.9. The Morgan fingerprint density at radius 2 is 1.53 bits per heavy atom. The topological polar surface area (TPSA) is 12.0 Å². The normalized spacial score (nSPS) is 30.4. The monoisotopic (exact) mass is 209 g/mol. The van der Waals surface area contributed by atoms with E-state index < -0.39 is 0 Å². The van der Waals surface area contributed by atoms with Gasteiger partial charge in [-0.15, -0.1) is 0 Å². The molecule has 2 fully saturated rings. The van der Waals surface area contributed by atoms with E-state index in [1.807, 2.05) is 0 Å². The van der Waals surface area contributed by atoms with E-state index in [1.165, 1.54) is 38.6 Å². The van der Waals surface area contributed by atoms with Gasteiger partial charge in [-0.25, -0.2) is 0 Å². The Morgan fingerprint density at radius 3 is 2.00 bits per heavy atom. The van der Waals surface area contributed by atoms with E-state index in [2.05, 4.69) is 33.0 Å². The number of nitrogens with one attached hydrogen (secondary N) is 1. The van der Waals surface area contributed by atoms with Crippen molar-refractivity contribution in [3.8, 4) is 0 Å². The predicted octanol–water partition coefficient (Wildman–Crippen LogP) is 3.59. The van der Waals surface area contributed by atoms with Crippen LogP contribution in [0, 0.1) is 16.7 Å². The van der Waals surface area contributed by atoms with Crippen molar-refractivity contribution in [2.75, 3.05) is 6.54 Å². The summed E-state index contributed by atoms with van der Waals surface area (Å²) in [6.07, 6.45) is 7.05. The van der Waals surface area contributed by atoms with Crippen LogP contribution in [0.25, 0.3) is 0 Å². The fourth-order valence-electron chi connectivity index (χ4n) is 3.84. The van der Waals surface area contributed by atoms with E-state index in [0.29, 0.717) is 10.8 Å². The highest BCUT2D eigenvalue weighted by molar-refractivity contribution is 4.91. The molecule has 2 aliphatic carbocycles. The summed E-state index contributed by atoms with van der Waals surface area (Å²) >= 11 is 0. The molecule has 2 aliphatic rings. The summed E-state index contributed by atoms with van der Waals surface area (Å²) in [4.78, 5) is 0. The van der Waals surface area contributed by atoms with Gasteiger partial charge in [0.15, 0.2) is 0 Å². The van der Waals surface area contributed by atoms with Gasteiger partial charge in [-0.2, -0.15) is 0 Å². The number of rotatable bonds is 3. The van der Waals surface area contributed by atoms with E-state index in [-0.39, 0.29) is 0 Å². The minimum absolute atomic E-state index is 0.553. The summed E-state index contributed by atoms with van der Waals surface area (Å²) in [5, 5.41) is 3.70. The molecule has 2 rings (SSSR count). The van der Waals surface area contributed by atoms with Crippen molar-refractivity contribution >= 4 is 0 Å². The van der Waals surface area contributed by atoms with Crippen LogP contribution in [0.1, 0.15) is 59.8 Å². The summed E-state index contributed by atoms with van der Waals surface area (Å²) < 4.78 is 0. The second kappa shape index (κ2) is 3.76. The predicted molar refractivity (Wildman–Crippen MR) is 65.9 cm³/mol. The summed E-state index contributed by atoms with van der Waals surface area (Å²) in [7, 11) is 0. The summed E-state index contributed by atoms with van der Waals surface area (Å²) in [6, 6.07) is 0.873. The summed E-state index contributed by atoms with van der Waals surface area (Å²) in [5.74, 6) is 0.907. The van der Waals surface area contributed by atoms with E-state index in [9.17, 15) is 0 Å². The average molecular weight is 209 g/mol. The van der Waals surface area contributed by atoms with Crippen LogP contribution in [0.15, 0.2) is 0 Å². The van der Waals surface area contributed by atoms with Gasteiger partial charge in [-0.1, -0.05) is 27.7 Å². The molecule has 0 unspecified atom stereocenters. The lowest BCUT2D eigenvalue weighted by Crippen LogP contribution is -2.38. The molecule has 0 aromatic rings. The van der Waals surface area contributed by atoms with Gasteiger partial charge >= 0.3 is 0 Å². The smallest absolute Gasteiger partial charge is 0.00683 e. The van der Waals surface area contributed by atoms with Crippen LogP contribution < -0.4 is 5.32 Å². The van der Waals surface area contributed by atoms with Crippen molar-refractivity contribution < 1.29 is 0 Å². The third kappa shape index (κ3) is 3.48. The van der Waals surface area contributed by atoms with Crippen molar-refractivity contribution in [2.45, 2.75) is 65.8 Å². The molecule has 88 valence electrons.